The summed E-state index contributed by atoms with van der Waals surface area (Å²) < 4.78 is 0. The third kappa shape index (κ3) is 1.77. The molecule has 0 heterocycles. The lowest BCUT2D eigenvalue weighted by atomic mass is 9.55. The van der Waals surface area contributed by atoms with E-state index in [0.29, 0.717) is 21.9 Å². The summed E-state index contributed by atoms with van der Waals surface area (Å²) in [5.41, 5.74) is 5.17. The minimum Gasteiger partial charge on any atom is -0.192 e. The Morgan fingerprint density at radius 1 is 1.27 bits per heavy atom. The first-order chi connectivity index (χ1) is 10.6. The molecule has 3 aliphatic rings. The summed E-state index contributed by atoms with van der Waals surface area (Å²) >= 11 is 6.48. The fourth-order valence-corrected chi connectivity index (χ4v) is 5.93. The van der Waals surface area contributed by atoms with Gasteiger partial charge in [0.05, 0.1) is 10.6 Å². The van der Waals surface area contributed by atoms with E-state index in [4.69, 9.17) is 11.6 Å². The Morgan fingerprint density at radius 3 is 2.86 bits per heavy atom. The molecule has 0 amide bonds. The molecule has 2 fully saturated rings. The van der Waals surface area contributed by atoms with Crippen molar-refractivity contribution in [2.24, 2.45) is 17.3 Å². The maximum atomic E-state index is 9.19. The van der Waals surface area contributed by atoms with Gasteiger partial charge in [-0.15, -0.1) is 0 Å². The molecular weight excluding hydrogens is 290 g/mol. The predicted molar refractivity (Wildman–Crippen MR) is 89.9 cm³/mol. The van der Waals surface area contributed by atoms with Crippen molar-refractivity contribution in [1.29, 1.82) is 5.26 Å². The molecule has 0 N–H and O–H groups in total. The minimum atomic E-state index is 0.370. The van der Waals surface area contributed by atoms with Crippen LogP contribution in [-0.2, 0) is 6.42 Å². The van der Waals surface area contributed by atoms with E-state index in [1.807, 2.05) is 6.07 Å². The summed E-state index contributed by atoms with van der Waals surface area (Å²) in [5.74, 6) is 2.20. The molecule has 4 rings (SSSR count). The standard InChI is InChI=1S/C20H22ClN/c1-12-3-8-18-16-6-7-17-14(5-4-13(11-22)19(17)21)15(16)9-10-20(12,18)2/h4-5,15-16,18H,1,3,6-10H2,2H3/t15?,16?,18?,20-/m1/s1. The maximum Gasteiger partial charge on any atom is 0.101 e. The molecule has 0 radical (unpaired) electrons. The first-order valence-electron chi connectivity index (χ1n) is 8.46. The van der Waals surface area contributed by atoms with Crippen LogP contribution in [0.5, 0.6) is 0 Å². The van der Waals surface area contributed by atoms with Crippen LogP contribution in [0.25, 0.3) is 0 Å². The number of fused-ring (bicyclic) bond motifs is 5. The van der Waals surface area contributed by atoms with E-state index in [0.717, 1.165) is 18.3 Å². The summed E-state index contributed by atoms with van der Waals surface area (Å²) in [7, 11) is 0. The van der Waals surface area contributed by atoms with Gasteiger partial charge in [-0.1, -0.05) is 36.7 Å². The molecule has 1 nitrogen and oxygen atoms in total. The number of benzene rings is 1. The van der Waals surface area contributed by atoms with E-state index in [9.17, 15) is 5.26 Å². The highest BCUT2D eigenvalue weighted by molar-refractivity contribution is 6.32. The molecule has 4 atom stereocenters. The first-order valence-corrected chi connectivity index (χ1v) is 8.83. The zero-order valence-electron chi connectivity index (χ0n) is 13.2. The van der Waals surface area contributed by atoms with E-state index in [2.05, 4.69) is 25.6 Å². The molecule has 0 aliphatic heterocycles. The zero-order chi connectivity index (χ0) is 15.5. The van der Waals surface area contributed by atoms with Crippen molar-refractivity contribution < 1.29 is 0 Å². The van der Waals surface area contributed by atoms with Gasteiger partial charge in [0.1, 0.15) is 6.07 Å². The van der Waals surface area contributed by atoms with Crippen LogP contribution in [0.4, 0.5) is 0 Å². The summed E-state index contributed by atoms with van der Waals surface area (Å²) in [4.78, 5) is 0. The molecule has 114 valence electrons. The van der Waals surface area contributed by atoms with E-state index in [1.54, 1.807) is 0 Å². The minimum absolute atomic E-state index is 0.370. The largest absolute Gasteiger partial charge is 0.192 e. The van der Waals surface area contributed by atoms with Gasteiger partial charge >= 0.3 is 0 Å². The Hall–Kier alpha value is -1.26. The number of hydrogen-bond donors (Lipinski definition) is 0. The maximum absolute atomic E-state index is 9.19. The highest BCUT2D eigenvalue weighted by atomic mass is 35.5. The molecule has 2 heteroatoms. The van der Waals surface area contributed by atoms with Crippen molar-refractivity contribution in [2.45, 2.75) is 51.4 Å². The van der Waals surface area contributed by atoms with E-state index < -0.39 is 0 Å². The summed E-state index contributed by atoms with van der Waals surface area (Å²) in [5, 5.41) is 9.91. The van der Waals surface area contributed by atoms with Crippen molar-refractivity contribution in [2.75, 3.05) is 0 Å². The predicted octanol–water partition coefficient (Wildman–Crippen LogP) is 5.62. The zero-order valence-corrected chi connectivity index (χ0v) is 13.9. The van der Waals surface area contributed by atoms with Crippen LogP contribution in [-0.4, -0.2) is 0 Å². The summed E-state index contributed by atoms with van der Waals surface area (Å²) in [6, 6.07) is 6.33. The number of nitriles is 1. The molecule has 3 unspecified atom stereocenters. The Bertz CT molecular complexity index is 698. The Balaban J connectivity index is 1.75. The van der Waals surface area contributed by atoms with Crippen molar-refractivity contribution in [3.05, 3.63) is 46.0 Å². The van der Waals surface area contributed by atoms with Gasteiger partial charge in [-0.05, 0) is 78.9 Å². The monoisotopic (exact) mass is 311 g/mol. The molecule has 0 saturated heterocycles. The lowest BCUT2D eigenvalue weighted by Crippen LogP contribution is -2.40. The van der Waals surface area contributed by atoms with Crippen LogP contribution in [0.2, 0.25) is 5.02 Å². The van der Waals surface area contributed by atoms with Crippen LogP contribution in [0.1, 0.15) is 61.6 Å². The third-order valence-corrected chi connectivity index (χ3v) is 7.35. The average Bonchev–Trinajstić information content (AvgIpc) is 2.83. The van der Waals surface area contributed by atoms with E-state index in [-0.39, 0.29) is 0 Å². The topological polar surface area (TPSA) is 23.8 Å². The first kappa shape index (κ1) is 14.3. The van der Waals surface area contributed by atoms with Gasteiger partial charge in [0.2, 0.25) is 0 Å². The molecule has 22 heavy (non-hydrogen) atoms. The SMILES string of the molecule is C=C1CCC2C3CCc4c(ccc(C#N)c4Cl)C3CC[C@]12C. The van der Waals surface area contributed by atoms with Crippen LogP contribution in [0, 0.1) is 28.6 Å². The highest BCUT2D eigenvalue weighted by Gasteiger charge is 2.52. The van der Waals surface area contributed by atoms with Crippen LogP contribution >= 0.6 is 11.6 Å². The Labute approximate surface area is 138 Å². The highest BCUT2D eigenvalue weighted by Crippen LogP contribution is 2.62. The smallest absolute Gasteiger partial charge is 0.101 e. The van der Waals surface area contributed by atoms with E-state index >= 15 is 0 Å². The van der Waals surface area contributed by atoms with Gasteiger partial charge in [-0.25, -0.2) is 0 Å². The van der Waals surface area contributed by atoms with Gasteiger partial charge in [-0.2, -0.15) is 5.26 Å². The molecule has 0 bridgehead atoms. The number of hydrogen-bond acceptors (Lipinski definition) is 1. The lowest BCUT2D eigenvalue weighted by Gasteiger charge is -2.49. The van der Waals surface area contributed by atoms with Crippen LogP contribution in [0.15, 0.2) is 24.3 Å². The van der Waals surface area contributed by atoms with Crippen molar-refractivity contribution in [1.82, 2.24) is 0 Å². The number of allylic oxidation sites excluding steroid dienone is 1. The fraction of sp³-hybridized carbons (Fsp3) is 0.550. The molecule has 0 spiro atoms. The summed E-state index contributed by atoms with van der Waals surface area (Å²) in [6.07, 6.45) is 7.28. The Morgan fingerprint density at radius 2 is 2.09 bits per heavy atom. The molecular formula is C20H22ClN. The number of halogens is 1. The van der Waals surface area contributed by atoms with Crippen LogP contribution in [0.3, 0.4) is 0 Å². The molecule has 0 aromatic heterocycles. The fourth-order valence-electron chi connectivity index (χ4n) is 5.62. The molecule has 3 aliphatic carbocycles. The molecule has 2 saturated carbocycles. The van der Waals surface area contributed by atoms with Gasteiger partial charge in [0, 0.05) is 0 Å². The van der Waals surface area contributed by atoms with Crippen molar-refractivity contribution in [3.63, 3.8) is 0 Å². The summed E-state index contributed by atoms with van der Waals surface area (Å²) in [6.45, 7) is 6.82. The number of nitrogens with zero attached hydrogens (tertiary/aromatic N) is 1. The molecule has 1 aromatic rings. The average molecular weight is 312 g/mol. The van der Waals surface area contributed by atoms with Crippen LogP contribution < -0.4 is 0 Å². The van der Waals surface area contributed by atoms with Gasteiger partial charge in [0.25, 0.3) is 0 Å². The third-order valence-electron chi connectivity index (χ3n) is 6.92. The normalized spacial score (nSPS) is 36.2. The van der Waals surface area contributed by atoms with Gasteiger partial charge < -0.3 is 0 Å². The lowest BCUT2D eigenvalue weighted by molar-refractivity contribution is 0.0817. The number of rotatable bonds is 0. The second kappa shape index (κ2) is 4.87. The van der Waals surface area contributed by atoms with Gasteiger partial charge in [-0.3, -0.25) is 0 Å². The quantitative estimate of drug-likeness (QED) is 0.570. The Kier molecular flexibility index (Phi) is 3.17. The second-order valence-corrected chi connectivity index (χ2v) is 8.00. The van der Waals surface area contributed by atoms with Crippen molar-refractivity contribution in [3.8, 4) is 6.07 Å². The van der Waals surface area contributed by atoms with Crippen molar-refractivity contribution >= 4 is 11.6 Å². The van der Waals surface area contributed by atoms with Gasteiger partial charge in [0.15, 0.2) is 0 Å². The molecule has 1 aromatic carbocycles. The second-order valence-electron chi connectivity index (χ2n) is 7.62. The van der Waals surface area contributed by atoms with E-state index in [1.165, 1.54) is 48.8 Å².